The van der Waals surface area contributed by atoms with Crippen molar-refractivity contribution in [2.24, 2.45) is 4.99 Å². The second-order valence-electron chi connectivity index (χ2n) is 10.8. The molecule has 5 amide bonds. The molecule has 0 saturated carbocycles. The third kappa shape index (κ3) is 5.94. The van der Waals surface area contributed by atoms with E-state index in [1.54, 1.807) is 11.0 Å². The number of benzene rings is 3. The molecule has 228 valence electrons. The van der Waals surface area contributed by atoms with E-state index in [0.717, 1.165) is 17.3 Å². The molecule has 1 unspecified atom stereocenters. The Labute approximate surface area is 250 Å². The van der Waals surface area contributed by atoms with Crippen molar-refractivity contribution in [3.05, 3.63) is 95.3 Å². The van der Waals surface area contributed by atoms with Crippen molar-refractivity contribution in [3.8, 4) is 0 Å². The van der Waals surface area contributed by atoms with E-state index < -0.39 is 36.6 Å². The number of hydrogen-bond acceptors (Lipinski definition) is 4. The van der Waals surface area contributed by atoms with Crippen LogP contribution >= 0.6 is 0 Å². The molecule has 0 spiro atoms. The number of amides is 5. The molecule has 0 bridgehead atoms. The number of nitrogens with zero attached hydrogens (tertiary/aromatic N) is 4. The van der Waals surface area contributed by atoms with Crippen LogP contribution in [0.15, 0.2) is 77.8 Å². The number of hydrogen-bond donors (Lipinski definition) is 2. The Balaban J connectivity index is 1.23. The first-order valence-corrected chi connectivity index (χ1v) is 14.1. The number of piperidine rings is 1. The molecule has 1 saturated heterocycles. The summed E-state index contributed by atoms with van der Waals surface area (Å²) in [7, 11) is 0. The Kier molecular flexibility index (Phi) is 7.70. The number of rotatable bonds is 4. The first-order valence-electron chi connectivity index (χ1n) is 14.1. The van der Waals surface area contributed by atoms with Gasteiger partial charge in [-0.1, -0.05) is 48.5 Å². The number of likely N-dealkylation sites (tertiary alicyclic amines) is 1. The first-order chi connectivity index (χ1) is 21.1. The highest BCUT2D eigenvalue weighted by Gasteiger charge is 2.41. The Morgan fingerprint density at radius 3 is 2.45 bits per heavy atom. The maximum Gasteiger partial charge on any atom is 0.406 e. The minimum Gasteiger partial charge on any atom is -0.325 e. The number of fused-ring (bicyclic) bond motifs is 2. The Bertz CT molecular complexity index is 1640. The average molecular weight is 609 g/mol. The van der Waals surface area contributed by atoms with E-state index in [9.17, 15) is 31.9 Å². The lowest BCUT2D eigenvalue weighted by Crippen LogP contribution is -2.56. The monoisotopic (exact) mass is 608 g/mol. The minimum absolute atomic E-state index is 0.0585. The predicted molar refractivity (Wildman–Crippen MR) is 155 cm³/mol. The molecule has 13 heteroatoms. The third-order valence-corrected chi connectivity index (χ3v) is 7.96. The number of carbonyl (C=O) groups is 3. The fraction of sp³-hybridized carbons (Fsp3) is 0.290. The van der Waals surface area contributed by atoms with E-state index in [2.05, 4.69) is 15.6 Å². The number of aliphatic imine (C=N–C) groups is 1. The lowest BCUT2D eigenvalue weighted by molar-refractivity contribution is -0.133. The Hall–Kier alpha value is -4.94. The highest BCUT2D eigenvalue weighted by atomic mass is 19.4. The molecule has 1 fully saturated rings. The molecule has 3 aliphatic rings. The van der Waals surface area contributed by atoms with Crippen LogP contribution in [0.25, 0.3) is 0 Å². The van der Waals surface area contributed by atoms with Crippen molar-refractivity contribution in [2.45, 2.75) is 37.8 Å². The molecular weight excluding hydrogens is 580 g/mol. The largest absolute Gasteiger partial charge is 0.406 e. The maximum atomic E-state index is 14.2. The van der Waals surface area contributed by atoms with Crippen LogP contribution in [0.1, 0.15) is 29.5 Å². The second-order valence-corrected chi connectivity index (χ2v) is 10.8. The van der Waals surface area contributed by atoms with Crippen LogP contribution in [-0.2, 0) is 11.3 Å². The highest BCUT2D eigenvalue weighted by Crippen LogP contribution is 2.32. The van der Waals surface area contributed by atoms with Crippen LogP contribution < -0.4 is 15.5 Å². The van der Waals surface area contributed by atoms with Crippen molar-refractivity contribution in [1.82, 2.24) is 15.1 Å². The summed E-state index contributed by atoms with van der Waals surface area (Å²) in [5, 5.41) is 5.40. The Morgan fingerprint density at radius 2 is 1.70 bits per heavy atom. The highest BCUT2D eigenvalue weighted by molar-refractivity contribution is 6.20. The van der Waals surface area contributed by atoms with Gasteiger partial charge < -0.3 is 20.4 Å². The zero-order valence-electron chi connectivity index (χ0n) is 23.4. The number of halogens is 4. The van der Waals surface area contributed by atoms with E-state index in [1.165, 1.54) is 41.3 Å². The molecular formula is C31H28F4N6O3. The lowest BCUT2D eigenvalue weighted by atomic mass is 10.00. The van der Waals surface area contributed by atoms with Gasteiger partial charge in [-0.05, 0) is 42.7 Å². The standard InChI is InChI=1S/C31H28F4N6O3/c32-21-8-5-7-19(16-21)26-23-9-2-4-11-25(23)41(18-31(33,34)35)28(42)27(37-26)38-29(43)39-14-12-22(13-15-39)40-17-20-6-1-3-10-24(20)36-30(40)44/h1-11,16,22,27H,12-15,17-18H2,(H,36,44)(H,38,43). The number of nitrogens with one attached hydrogen (secondary N) is 2. The molecule has 44 heavy (non-hydrogen) atoms. The summed E-state index contributed by atoms with van der Waals surface area (Å²) in [6.45, 7) is -0.679. The van der Waals surface area contributed by atoms with Crippen molar-refractivity contribution in [2.75, 3.05) is 29.9 Å². The summed E-state index contributed by atoms with van der Waals surface area (Å²) < 4.78 is 55.3. The van der Waals surface area contributed by atoms with Crippen molar-refractivity contribution in [3.63, 3.8) is 0 Å². The van der Waals surface area contributed by atoms with Gasteiger partial charge in [-0.15, -0.1) is 0 Å². The molecule has 3 aromatic carbocycles. The van der Waals surface area contributed by atoms with Gasteiger partial charge in [0.15, 0.2) is 0 Å². The number of para-hydroxylation sites is 2. The summed E-state index contributed by atoms with van der Waals surface area (Å²) in [6, 6.07) is 17.7. The average Bonchev–Trinajstić information content (AvgIpc) is 3.11. The number of benzodiazepines with no additional fused rings is 1. The van der Waals surface area contributed by atoms with E-state index in [1.807, 2.05) is 24.3 Å². The van der Waals surface area contributed by atoms with Crippen molar-refractivity contribution in [1.29, 1.82) is 0 Å². The van der Waals surface area contributed by atoms with Gasteiger partial charge in [0.1, 0.15) is 12.4 Å². The smallest absolute Gasteiger partial charge is 0.325 e. The second kappa shape index (κ2) is 11.6. The molecule has 0 aromatic heterocycles. The third-order valence-electron chi connectivity index (χ3n) is 7.96. The molecule has 0 aliphatic carbocycles. The number of anilines is 2. The van der Waals surface area contributed by atoms with Gasteiger partial charge >= 0.3 is 18.2 Å². The lowest BCUT2D eigenvalue weighted by Gasteiger charge is -2.40. The summed E-state index contributed by atoms with van der Waals surface area (Å²) in [5.74, 6) is -1.67. The van der Waals surface area contributed by atoms with Gasteiger partial charge in [-0.3, -0.25) is 9.69 Å². The SMILES string of the molecule is O=C(NC1N=C(c2cccc(F)c2)c2ccccc2N(CC(F)(F)F)C1=O)N1CCC(N2Cc3ccccc3NC2=O)CC1. The van der Waals surface area contributed by atoms with E-state index in [4.69, 9.17) is 0 Å². The van der Waals surface area contributed by atoms with Gasteiger partial charge in [0.2, 0.25) is 6.17 Å². The van der Waals surface area contributed by atoms with Gasteiger partial charge in [0.25, 0.3) is 5.91 Å². The maximum absolute atomic E-state index is 14.2. The molecule has 1 atom stereocenters. The van der Waals surface area contributed by atoms with Gasteiger partial charge in [0.05, 0.1) is 11.4 Å². The van der Waals surface area contributed by atoms with Gasteiger partial charge in [-0.25, -0.2) is 19.0 Å². The Morgan fingerprint density at radius 1 is 0.977 bits per heavy atom. The number of alkyl halides is 3. The van der Waals surface area contributed by atoms with E-state index in [0.29, 0.717) is 24.3 Å². The number of urea groups is 2. The molecule has 9 nitrogen and oxygen atoms in total. The predicted octanol–water partition coefficient (Wildman–Crippen LogP) is 5.12. The van der Waals surface area contributed by atoms with Crippen molar-refractivity contribution < 1.29 is 31.9 Å². The fourth-order valence-corrected chi connectivity index (χ4v) is 5.84. The molecule has 2 N–H and O–H groups in total. The van der Waals surface area contributed by atoms with Gasteiger partial charge in [-0.2, -0.15) is 13.2 Å². The van der Waals surface area contributed by atoms with Crippen LogP contribution in [-0.4, -0.2) is 71.5 Å². The van der Waals surface area contributed by atoms with Crippen LogP contribution in [0.3, 0.4) is 0 Å². The van der Waals surface area contributed by atoms with E-state index >= 15 is 0 Å². The zero-order chi connectivity index (χ0) is 31.0. The quantitative estimate of drug-likeness (QED) is 0.403. The molecule has 0 radical (unpaired) electrons. The summed E-state index contributed by atoms with van der Waals surface area (Å²) in [6.07, 6.45) is -5.53. The first kappa shape index (κ1) is 29.1. The molecule has 6 rings (SSSR count). The normalized spacial score (nSPS) is 19.0. The molecule has 3 aliphatic heterocycles. The topological polar surface area (TPSA) is 97.3 Å². The van der Waals surface area contributed by atoms with Crippen molar-refractivity contribution >= 4 is 35.1 Å². The van der Waals surface area contributed by atoms with Crippen LogP contribution in [0.5, 0.6) is 0 Å². The van der Waals surface area contributed by atoms with Crippen LogP contribution in [0, 0.1) is 5.82 Å². The van der Waals surface area contributed by atoms with Crippen LogP contribution in [0.2, 0.25) is 0 Å². The summed E-state index contributed by atoms with van der Waals surface area (Å²) in [4.78, 5) is 47.9. The summed E-state index contributed by atoms with van der Waals surface area (Å²) in [5.41, 5.74) is 2.18. The fourth-order valence-electron chi connectivity index (χ4n) is 5.84. The summed E-state index contributed by atoms with van der Waals surface area (Å²) >= 11 is 0. The zero-order valence-corrected chi connectivity index (χ0v) is 23.4. The number of carbonyl (C=O) groups excluding carboxylic acids is 3. The van der Waals surface area contributed by atoms with E-state index in [-0.39, 0.29) is 47.7 Å². The van der Waals surface area contributed by atoms with Crippen LogP contribution in [0.4, 0.5) is 38.5 Å². The molecule has 3 heterocycles. The molecule has 3 aromatic rings. The van der Waals surface area contributed by atoms with Gasteiger partial charge in [0, 0.05) is 42.5 Å². The minimum atomic E-state index is -4.75.